The molecule has 0 spiro atoms. The Balaban J connectivity index is 0.00000129. The third-order valence-electron chi connectivity index (χ3n) is 5.88. The van der Waals surface area contributed by atoms with Gasteiger partial charge in [-0.05, 0) is 63.2 Å². The standard InChI is InChI=1S/C24H35N5S2.C3H8/c1-6-8-17(3)20(14-26-7-2)22(25-5)21-16-31-24(28-21)23-27-13-18(4)29(23)15-19-9-11-30-12-10-19;1-3-2/h7,13-14,16,19,22,25H,2,6,8-12,15H2,1,3-5H3;3H2,1-2H3/b20-17-,26-14?;. The third-order valence-corrected chi connectivity index (χ3v) is 7.79. The molecule has 1 N–H and O–H groups in total. The number of aromatic nitrogens is 3. The van der Waals surface area contributed by atoms with Crippen LogP contribution >= 0.6 is 23.1 Å². The van der Waals surface area contributed by atoms with E-state index in [1.54, 1.807) is 17.5 Å². The van der Waals surface area contributed by atoms with E-state index in [2.05, 4.69) is 73.2 Å². The number of hydrogen-bond acceptors (Lipinski definition) is 6. The lowest BCUT2D eigenvalue weighted by atomic mass is 9.97. The van der Waals surface area contributed by atoms with E-state index in [0.29, 0.717) is 0 Å². The van der Waals surface area contributed by atoms with Crippen LogP contribution in [-0.4, -0.2) is 39.3 Å². The summed E-state index contributed by atoms with van der Waals surface area (Å²) in [4.78, 5) is 14.1. The second-order valence-corrected chi connectivity index (χ2v) is 10.9. The maximum Gasteiger partial charge on any atom is 0.169 e. The number of thiazole rings is 1. The first-order valence-corrected chi connectivity index (χ1v) is 14.6. The minimum atomic E-state index is 0.000119. The first kappa shape index (κ1) is 28.5. The van der Waals surface area contributed by atoms with E-state index in [9.17, 15) is 0 Å². The monoisotopic (exact) mass is 501 g/mol. The van der Waals surface area contributed by atoms with Gasteiger partial charge in [-0.15, -0.1) is 11.3 Å². The van der Waals surface area contributed by atoms with Gasteiger partial charge in [-0.2, -0.15) is 11.8 Å². The van der Waals surface area contributed by atoms with Gasteiger partial charge in [0, 0.05) is 36.2 Å². The summed E-state index contributed by atoms with van der Waals surface area (Å²) in [6, 6.07) is 0.000119. The molecule has 3 rings (SSSR count). The van der Waals surface area contributed by atoms with E-state index in [0.717, 1.165) is 41.8 Å². The molecule has 3 heterocycles. The first-order chi connectivity index (χ1) is 16.5. The Kier molecular flexibility index (Phi) is 12.9. The number of rotatable bonds is 10. The number of thioether (sulfide) groups is 1. The van der Waals surface area contributed by atoms with Crippen molar-refractivity contribution in [2.75, 3.05) is 18.6 Å². The zero-order chi connectivity index (χ0) is 24.9. The van der Waals surface area contributed by atoms with Crippen molar-refractivity contribution in [1.82, 2.24) is 19.9 Å². The van der Waals surface area contributed by atoms with Crippen LogP contribution in [0, 0.1) is 12.8 Å². The van der Waals surface area contributed by atoms with Crippen LogP contribution in [-0.2, 0) is 6.54 Å². The van der Waals surface area contributed by atoms with Crippen LogP contribution in [0.15, 0.2) is 40.5 Å². The van der Waals surface area contributed by atoms with E-state index >= 15 is 0 Å². The maximum atomic E-state index is 5.04. The molecule has 0 bridgehead atoms. The van der Waals surface area contributed by atoms with E-state index in [1.165, 1.54) is 47.6 Å². The molecule has 1 atom stereocenters. The van der Waals surface area contributed by atoms with Gasteiger partial charge in [0.2, 0.25) is 0 Å². The third kappa shape index (κ3) is 7.92. The summed E-state index contributed by atoms with van der Waals surface area (Å²) in [6.07, 6.45) is 11.5. The van der Waals surface area contributed by atoms with Crippen molar-refractivity contribution >= 4 is 29.3 Å². The van der Waals surface area contributed by atoms with Crippen molar-refractivity contribution in [2.45, 2.75) is 79.3 Å². The number of hydrogen-bond donors (Lipinski definition) is 1. The number of imidazole rings is 1. The van der Waals surface area contributed by atoms with E-state index in [4.69, 9.17) is 9.97 Å². The van der Waals surface area contributed by atoms with Gasteiger partial charge in [-0.3, -0.25) is 4.99 Å². The molecule has 5 nitrogen and oxygen atoms in total. The SMILES string of the molecule is C=CN=C/C(=C(\C)CCC)C(NC)c1csc(-c2ncc(C)n2CC2CCSCC2)n1.CCC. The summed E-state index contributed by atoms with van der Waals surface area (Å²) in [5.41, 5.74) is 4.73. The Labute approximate surface area is 215 Å². The molecule has 0 aromatic carbocycles. The van der Waals surface area contributed by atoms with Crippen molar-refractivity contribution in [3.8, 4) is 10.8 Å². The number of aliphatic imine (C=N–C) groups is 1. The van der Waals surface area contributed by atoms with Gasteiger partial charge in [0.25, 0.3) is 0 Å². The van der Waals surface area contributed by atoms with Gasteiger partial charge >= 0.3 is 0 Å². The van der Waals surface area contributed by atoms with Crippen molar-refractivity contribution in [1.29, 1.82) is 0 Å². The van der Waals surface area contributed by atoms with Crippen LogP contribution in [0.1, 0.15) is 77.2 Å². The lowest BCUT2D eigenvalue weighted by molar-refractivity contribution is 0.415. The van der Waals surface area contributed by atoms with Crippen molar-refractivity contribution in [2.24, 2.45) is 10.9 Å². The van der Waals surface area contributed by atoms with E-state index in [-0.39, 0.29) is 6.04 Å². The topological polar surface area (TPSA) is 55.1 Å². The fraction of sp³-hybridized carbons (Fsp3) is 0.593. The predicted octanol–water partition coefficient (Wildman–Crippen LogP) is 7.47. The van der Waals surface area contributed by atoms with Gasteiger partial charge in [-0.1, -0.05) is 45.8 Å². The first-order valence-electron chi connectivity index (χ1n) is 12.6. The molecule has 2 aromatic rings. The molecule has 34 heavy (non-hydrogen) atoms. The molecular weight excluding hydrogens is 458 g/mol. The van der Waals surface area contributed by atoms with Crippen molar-refractivity contribution in [3.63, 3.8) is 0 Å². The highest BCUT2D eigenvalue weighted by Gasteiger charge is 2.23. The normalized spacial score (nSPS) is 16.2. The molecule has 1 unspecified atom stereocenters. The summed E-state index contributed by atoms with van der Waals surface area (Å²) in [5.74, 6) is 4.28. The Morgan fingerprint density at radius 1 is 1.32 bits per heavy atom. The highest BCUT2D eigenvalue weighted by Crippen LogP contribution is 2.32. The number of nitrogens with zero attached hydrogens (tertiary/aromatic N) is 4. The molecule has 1 aliphatic rings. The molecule has 7 heteroatoms. The number of allylic oxidation sites excluding steroid dienone is 1. The zero-order valence-electron chi connectivity index (χ0n) is 21.9. The second kappa shape index (κ2) is 15.3. The molecule has 0 radical (unpaired) electrons. The summed E-state index contributed by atoms with van der Waals surface area (Å²) >= 11 is 3.75. The summed E-state index contributed by atoms with van der Waals surface area (Å²) in [6.45, 7) is 15.6. The Bertz CT molecular complexity index is 935. The summed E-state index contributed by atoms with van der Waals surface area (Å²) in [5, 5.41) is 6.59. The lowest BCUT2D eigenvalue weighted by Gasteiger charge is -2.23. The van der Waals surface area contributed by atoms with Crippen molar-refractivity contribution in [3.05, 3.63) is 46.9 Å². The molecule has 0 saturated carbocycles. The van der Waals surface area contributed by atoms with Gasteiger partial charge in [-0.25, -0.2) is 9.97 Å². The molecule has 1 fully saturated rings. The van der Waals surface area contributed by atoms with Crippen LogP contribution in [0.25, 0.3) is 10.8 Å². The zero-order valence-corrected chi connectivity index (χ0v) is 23.6. The fourth-order valence-corrected chi connectivity index (χ4v) is 6.17. The molecule has 0 amide bonds. The van der Waals surface area contributed by atoms with E-state index in [1.807, 2.05) is 19.5 Å². The molecule has 2 aromatic heterocycles. The minimum absolute atomic E-state index is 0.000119. The lowest BCUT2D eigenvalue weighted by Crippen LogP contribution is -2.21. The highest BCUT2D eigenvalue weighted by molar-refractivity contribution is 7.99. The smallest absolute Gasteiger partial charge is 0.169 e. The molecule has 1 aliphatic heterocycles. The number of aryl methyl sites for hydroxylation is 1. The maximum absolute atomic E-state index is 5.04. The largest absolute Gasteiger partial charge is 0.326 e. The molecule has 188 valence electrons. The minimum Gasteiger partial charge on any atom is -0.326 e. The predicted molar refractivity (Wildman–Crippen MR) is 152 cm³/mol. The second-order valence-electron chi connectivity index (χ2n) is 8.84. The average molecular weight is 502 g/mol. The summed E-state index contributed by atoms with van der Waals surface area (Å²) < 4.78 is 2.37. The van der Waals surface area contributed by atoms with Crippen molar-refractivity contribution < 1.29 is 0 Å². The van der Waals surface area contributed by atoms with Gasteiger partial charge in [0.05, 0.1) is 11.7 Å². The van der Waals surface area contributed by atoms with Crippen LogP contribution in [0.3, 0.4) is 0 Å². The van der Waals surface area contributed by atoms with Gasteiger partial charge in [0.15, 0.2) is 10.8 Å². The number of nitrogens with one attached hydrogen (secondary N) is 1. The molecular formula is C27H43N5S2. The fourth-order valence-electron chi connectivity index (χ4n) is 4.12. The average Bonchev–Trinajstić information content (AvgIpc) is 3.45. The van der Waals surface area contributed by atoms with Gasteiger partial charge < -0.3 is 9.88 Å². The Morgan fingerprint density at radius 3 is 2.65 bits per heavy atom. The number of likely N-dealkylation sites (N-methyl/N-ethyl adjacent to an activating group) is 1. The quantitative estimate of drug-likeness (QED) is 0.343. The van der Waals surface area contributed by atoms with Crippen LogP contribution in [0.2, 0.25) is 0 Å². The summed E-state index contributed by atoms with van der Waals surface area (Å²) in [7, 11) is 1.98. The van der Waals surface area contributed by atoms with E-state index < -0.39 is 0 Å². The Morgan fingerprint density at radius 2 is 2.03 bits per heavy atom. The Hall–Kier alpha value is -1.70. The van der Waals surface area contributed by atoms with Crippen LogP contribution in [0.4, 0.5) is 0 Å². The molecule has 0 aliphatic carbocycles. The van der Waals surface area contributed by atoms with Crippen LogP contribution < -0.4 is 5.32 Å². The molecule has 1 saturated heterocycles. The van der Waals surface area contributed by atoms with Gasteiger partial charge in [0.1, 0.15) is 0 Å². The highest BCUT2D eigenvalue weighted by atomic mass is 32.2. The van der Waals surface area contributed by atoms with Crippen LogP contribution in [0.5, 0.6) is 0 Å².